The third-order valence-corrected chi connectivity index (χ3v) is 2.36. The molecule has 0 aromatic heterocycles. The average molecular weight is 204 g/mol. The Hall–Kier alpha value is -1.57. The first-order chi connectivity index (χ1) is 6.91. The zero-order chi connectivity index (χ0) is 11.6. The zero-order valence-electron chi connectivity index (χ0n) is 9.37. The van der Waals surface area contributed by atoms with E-state index in [0.717, 1.165) is 16.7 Å². The molecule has 0 aliphatic heterocycles. The van der Waals surface area contributed by atoms with E-state index >= 15 is 0 Å². The summed E-state index contributed by atoms with van der Waals surface area (Å²) in [6.07, 6.45) is 0. The number of carboxylic acids is 1. The minimum absolute atomic E-state index is 0.322. The van der Waals surface area contributed by atoms with E-state index in [0.29, 0.717) is 11.5 Å². The van der Waals surface area contributed by atoms with Crippen LogP contribution in [0.3, 0.4) is 0 Å². The summed E-state index contributed by atoms with van der Waals surface area (Å²) in [5.41, 5.74) is 3.16. The topological polar surface area (TPSA) is 37.3 Å². The second-order valence-electron chi connectivity index (χ2n) is 4.08. The summed E-state index contributed by atoms with van der Waals surface area (Å²) in [5, 5.41) is 8.97. The molecule has 80 valence electrons. The van der Waals surface area contributed by atoms with Gasteiger partial charge in [-0.15, -0.1) is 0 Å². The van der Waals surface area contributed by atoms with Gasteiger partial charge in [-0.25, -0.2) is 4.79 Å². The highest BCUT2D eigenvalue weighted by atomic mass is 16.4. The Balaban J connectivity index is 3.32. The number of carbonyl (C=O) groups is 1. The van der Waals surface area contributed by atoms with E-state index in [9.17, 15) is 4.79 Å². The minimum Gasteiger partial charge on any atom is -0.478 e. The summed E-state index contributed by atoms with van der Waals surface area (Å²) >= 11 is 0. The van der Waals surface area contributed by atoms with Crippen LogP contribution in [0.1, 0.15) is 48.2 Å². The van der Waals surface area contributed by atoms with Crippen LogP contribution in [0.5, 0.6) is 0 Å². The van der Waals surface area contributed by atoms with Gasteiger partial charge in [-0.3, -0.25) is 0 Å². The molecule has 2 heteroatoms. The number of hydrogen-bond acceptors (Lipinski definition) is 1. The smallest absolute Gasteiger partial charge is 0.335 e. The van der Waals surface area contributed by atoms with Crippen molar-refractivity contribution in [1.29, 1.82) is 0 Å². The van der Waals surface area contributed by atoms with Crippen LogP contribution in [0, 0.1) is 0 Å². The molecule has 0 heterocycles. The fourth-order valence-corrected chi connectivity index (χ4v) is 1.35. The Kier molecular flexibility index (Phi) is 3.30. The Bertz CT molecular complexity index is 371. The second-order valence-corrected chi connectivity index (χ2v) is 4.08. The van der Waals surface area contributed by atoms with Crippen molar-refractivity contribution < 1.29 is 9.90 Å². The van der Waals surface area contributed by atoms with Crippen molar-refractivity contribution in [3.63, 3.8) is 0 Å². The maximum atomic E-state index is 10.9. The molecule has 0 saturated heterocycles. The van der Waals surface area contributed by atoms with Gasteiger partial charge in [0, 0.05) is 0 Å². The number of hydrogen-bond donors (Lipinski definition) is 1. The molecule has 1 N–H and O–H groups in total. The van der Waals surface area contributed by atoms with Gasteiger partial charge in [-0.1, -0.05) is 32.1 Å². The zero-order valence-corrected chi connectivity index (χ0v) is 9.37. The van der Waals surface area contributed by atoms with Crippen LogP contribution >= 0.6 is 0 Å². The minimum atomic E-state index is -0.889. The highest BCUT2D eigenvalue weighted by Crippen LogP contribution is 2.22. The van der Waals surface area contributed by atoms with E-state index < -0.39 is 5.97 Å². The van der Waals surface area contributed by atoms with Gasteiger partial charge in [0.15, 0.2) is 0 Å². The average Bonchev–Trinajstić information content (AvgIpc) is 2.16. The number of aromatic carboxylic acids is 1. The molecule has 0 bridgehead atoms. The molecule has 15 heavy (non-hydrogen) atoms. The highest BCUT2D eigenvalue weighted by Gasteiger charge is 2.09. The van der Waals surface area contributed by atoms with Gasteiger partial charge in [0.1, 0.15) is 0 Å². The quantitative estimate of drug-likeness (QED) is 0.817. The van der Waals surface area contributed by atoms with Crippen molar-refractivity contribution in [2.45, 2.75) is 26.7 Å². The lowest BCUT2D eigenvalue weighted by Gasteiger charge is -2.10. The van der Waals surface area contributed by atoms with Crippen molar-refractivity contribution in [2.75, 3.05) is 0 Å². The number of allylic oxidation sites excluding steroid dienone is 1. The molecule has 0 unspecified atom stereocenters. The van der Waals surface area contributed by atoms with Crippen molar-refractivity contribution >= 4 is 11.5 Å². The second kappa shape index (κ2) is 4.30. The van der Waals surface area contributed by atoms with Crippen LogP contribution in [0.25, 0.3) is 5.57 Å². The first-order valence-electron chi connectivity index (χ1n) is 4.96. The molecule has 2 nitrogen and oxygen atoms in total. The van der Waals surface area contributed by atoms with Gasteiger partial charge >= 0.3 is 5.97 Å². The molecule has 0 atom stereocenters. The lowest BCUT2D eigenvalue weighted by molar-refractivity contribution is 0.0696. The molecule has 0 fully saturated rings. The lowest BCUT2D eigenvalue weighted by atomic mass is 9.95. The first kappa shape index (κ1) is 11.5. The Morgan fingerprint density at radius 3 is 2.20 bits per heavy atom. The van der Waals surface area contributed by atoms with Crippen LogP contribution in [0.4, 0.5) is 0 Å². The predicted octanol–water partition coefficient (Wildman–Crippen LogP) is 3.54. The molecular formula is C13H16O2. The van der Waals surface area contributed by atoms with Crippen molar-refractivity contribution in [3.05, 3.63) is 41.5 Å². The maximum absolute atomic E-state index is 10.9. The summed E-state index contributed by atoms with van der Waals surface area (Å²) in [7, 11) is 0. The van der Waals surface area contributed by atoms with E-state index in [-0.39, 0.29) is 0 Å². The van der Waals surface area contributed by atoms with Crippen molar-refractivity contribution in [2.24, 2.45) is 0 Å². The van der Waals surface area contributed by atoms with Crippen LogP contribution < -0.4 is 0 Å². The monoisotopic (exact) mass is 204 g/mol. The Labute approximate surface area is 90.3 Å². The fourth-order valence-electron chi connectivity index (χ4n) is 1.35. The highest BCUT2D eigenvalue weighted by molar-refractivity contribution is 5.89. The Morgan fingerprint density at radius 1 is 1.27 bits per heavy atom. The van der Waals surface area contributed by atoms with E-state index in [4.69, 9.17) is 5.11 Å². The first-order valence-corrected chi connectivity index (χ1v) is 4.96. The third-order valence-electron chi connectivity index (χ3n) is 2.36. The largest absolute Gasteiger partial charge is 0.478 e. The molecule has 0 amide bonds. The van der Waals surface area contributed by atoms with Crippen LogP contribution in [0.15, 0.2) is 24.8 Å². The fraction of sp³-hybridized carbons (Fsp3) is 0.308. The van der Waals surface area contributed by atoms with Gasteiger partial charge in [-0.2, -0.15) is 0 Å². The standard InChI is InChI=1S/C13H16O2/c1-8(2)10-5-11(9(3)4)7-12(6-10)13(14)15/h5-7,9H,1H2,2-4H3,(H,14,15). The van der Waals surface area contributed by atoms with Crippen LogP contribution in [-0.2, 0) is 0 Å². The van der Waals surface area contributed by atoms with Crippen molar-refractivity contribution in [3.8, 4) is 0 Å². The van der Waals surface area contributed by atoms with Crippen LogP contribution in [-0.4, -0.2) is 11.1 Å². The summed E-state index contributed by atoms with van der Waals surface area (Å²) in [5.74, 6) is -0.567. The normalized spacial score (nSPS) is 10.4. The maximum Gasteiger partial charge on any atom is 0.335 e. The van der Waals surface area contributed by atoms with Crippen LogP contribution in [0.2, 0.25) is 0 Å². The molecule has 0 aliphatic carbocycles. The van der Waals surface area contributed by atoms with Gasteiger partial charge < -0.3 is 5.11 Å². The van der Waals surface area contributed by atoms with Crippen molar-refractivity contribution in [1.82, 2.24) is 0 Å². The third kappa shape index (κ3) is 2.69. The molecule has 1 aromatic carbocycles. The van der Waals surface area contributed by atoms with E-state index in [1.807, 2.05) is 26.8 Å². The van der Waals surface area contributed by atoms with E-state index in [2.05, 4.69) is 6.58 Å². The van der Waals surface area contributed by atoms with Gasteiger partial charge in [0.25, 0.3) is 0 Å². The van der Waals surface area contributed by atoms with Gasteiger partial charge in [0.05, 0.1) is 5.56 Å². The summed E-state index contributed by atoms with van der Waals surface area (Å²) in [6.45, 7) is 9.80. The van der Waals surface area contributed by atoms with Gasteiger partial charge in [-0.05, 0) is 36.1 Å². The molecular weight excluding hydrogens is 188 g/mol. The molecule has 0 spiro atoms. The molecule has 0 aliphatic rings. The summed E-state index contributed by atoms with van der Waals surface area (Å²) < 4.78 is 0. The molecule has 1 aromatic rings. The number of benzene rings is 1. The predicted molar refractivity (Wildman–Crippen MR) is 62.2 cm³/mol. The molecule has 0 radical (unpaired) electrons. The van der Waals surface area contributed by atoms with E-state index in [1.54, 1.807) is 12.1 Å². The number of rotatable bonds is 3. The lowest BCUT2D eigenvalue weighted by Crippen LogP contribution is -2.00. The molecule has 1 rings (SSSR count). The summed E-state index contributed by atoms with van der Waals surface area (Å²) in [4.78, 5) is 10.9. The Morgan fingerprint density at radius 2 is 1.80 bits per heavy atom. The summed E-state index contributed by atoms with van der Waals surface area (Å²) in [6, 6.07) is 5.38. The van der Waals surface area contributed by atoms with Gasteiger partial charge in [0.2, 0.25) is 0 Å². The molecule has 0 saturated carbocycles. The number of carboxylic acid groups (broad SMARTS) is 1. The SMILES string of the molecule is C=C(C)c1cc(C(=O)O)cc(C(C)C)c1. The van der Waals surface area contributed by atoms with E-state index in [1.165, 1.54) is 0 Å².